The molecule has 0 radical (unpaired) electrons. The minimum absolute atomic E-state index is 0.138. The molecule has 6 nitrogen and oxygen atoms in total. The molecule has 11 heteroatoms. The number of hydrogen-bond donors (Lipinski definition) is 0. The molecule has 5 rings (SSSR count). The Kier molecular flexibility index (Phi) is 5.96. The number of amides is 1. The fourth-order valence-electron chi connectivity index (χ4n) is 4.21. The van der Waals surface area contributed by atoms with Crippen LogP contribution in [0.4, 0.5) is 18.9 Å². The molecule has 0 atom stereocenters. The van der Waals surface area contributed by atoms with E-state index in [9.17, 15) is 26.4 Å². The van der Waals surface area contributed by atoms with Gasteiger partial charge in [-0.1, -0.05) is 35.9 Å². The molecule has 4 aromatic rings. The predicted molar refractivity (Wildman–Crippen MR) is 128 cm³/mol. The van der Waals surface area contributed by atoms with Crippen LogP contribution in [0, 0.1) is 5.82 Å². The van der Waals surface area contributed by atoms with Crippen molar-refractivity contribution >= 4 is 43.9 Å². The fraction of sp³-hybridized carbons (Fsp3) is 0.160. The predicted octanol–water partition coefficient (Wildman–Crippen LogP) is 5.54. The number of rotatable bonds is 4. The average molecular weight is 532 g/mol. The Morgan fingerprint density at radius 3 is 2.67 bits per heavy atom. The number of fused-ring (bicyclic) bond motifs is 2. The number of anilines is 1. The summed E-state index contributed by atoms with van der Waals surface area (Å²) >= 11 is 5.81. The zero-order chi connectivity index (χ0) is 25.7. The molecule has 3 heterocycles. The minimum Gasteiger partial charge on any atom is -0.303 e. The van der Waals surface area contributed by atoms with Gasteiger partial charge in [0.2, 0.25) is 0 Å². The Labute approximate surface area is 209 Å². The van der Waals surface area contributed by atoms with E-state index in [0.717, 1.165) is 11.0 Å². The molecule has 2 aromatic carbocycles. The molecular weight excluding hydrogens is 515 g/mol. The van der Waals surface area contributed by atoms with E-state index in [4.69, 9.17) is 11.6 Å². The molecule has 184 valence electrons. The Hall–Kier alpha value is -3.50. The second kappa shape index (κ2) is 8.86. The summed E-state index contributed by atoms with van der Waals surface area (Å²) in [5, 5.41) is 0.137. The lowest BCUT2D eigenvalue weighted by Crippen LogP contribution is -2.35. The lowest BCUT2D eigenvalue weighted by atomic mass is 10.0. The van der Waals surface area contributed by atoms with Crippen LogP contribution in [0.15, 0.2) is 71.9 Å². The molecule has 36 heavy (non-hydrogen) atoms. The van der Waals surface area contributed by atoms with Gasteiger partial charge in [-0.2, -0.15) is 0 Å². The summed E-state index contributed by atoms with van der Waals surface area (Å²) in [4.78, 5) is 22.1. The SMILES string of the molecule is O=C(c1cccnc1)N(Cc1ccc2cc(F)c(Cl)nc2c1)c1cccc2c1S(=O)(=O)CCC2(F)F. The van der Waals surface area contributed by atoms with Crippen molar-refractivity contribution in [1.29, 1.82) is 0 Å². The smallest absolute Gasteiger partial charge is 0.275 e. The van der Waals surface area contributed by atoms with Crippen molar-refractivity contribution in [2.24, 2.45) is 0 Å². The molecule has 1 aliphatic heterocycles. The molecule has 0 unspecified atom stereocenters. The molecular formula is C25H17ClF3N3O3S. The number of sulfone groups is 1. The largest absolute Gasteiger partial charge is 0.303 e. The van der Waals surface area contributed by atoms with E-state index >= 15 is 0 Å². The first-order valence-corrected chi connectivity index (χ1v) is 12.8. The standard InChI is InChI=1S/C25H17ClF3N3O3S/c26-23-19(27)12-16-7-6-15(11-20(16)31-23)14-32(24(33)17-3-2-9-30-13-17)21-5-1-4-18-22(21)36(34,35)10-8-25(18,28)29/h1-7,9,11-13H,8,10,14H2. The molecule has 0 saturated carbocycles. The minimum atomic E-state index is -4.10. The van der Waals surface area contributed by atoms with Crippen molar-refractivity contribution in [3.8, 4) is 0 Å². The number of benzene rings is 2. The first-order chi connectivity index (χ1) is 17.1. The van der Waals surface area contributed by atoms with Gasteiger partial charge in [-0.15, -0.1) is 0 Å². The lowest BCUT2D eigenvalue weighted by Gasteiger charge is -2.31. The first kappa shape index (κ1) is 24.2. The van der Waals surface area contributed by atoms with Crippen molar-refractivity contribution in [1.82, 2.24) is 9.97 Å². The number of aromatic nitrogens is 2. The molecule has 0 spiro atoms. The third kappa shape index (κ3) is 4.31. The summed E-state index contributed by atoms with van der Waals surface area (Å²) in [6.45, 7) is -0.183. The lowest BCUT2D eigenvalue weighted by molar-refractivity contribution is -0.0126. The van der Waals surface area contributed by atoms with Gasteiger partial charge in [-0.05, 0) is 35.9 Å². The average Bonchev–Trinajstić information content (AvgIpc) is 2.86. The monoisotopic (exact) mass is 531 g/mol. The maximum absolute atomic E-state index is 14.8. The van der Waals surface area contributed by atoms with Gasteiger partial charge in [0.1, 0.15) is 0 Å². The molecule has 0 aliphatic carbocycles. The van der Waals surface area contributed by atoms with Crippen molar-refractivity contribution in [2.45, 2.75) is 23.8 Å². The summed E-state index contributed by atoms with van der Waals surface area (Å²) in [5.74, 6) is -5.44. The molecule has 0 bridgehead atoms. The van der Waals surface area contributed by atoms with Crippen molar-refractivity contribution in [2.75, 3.05) is 10.7 Å². The van der Waals surface area contributed by atoms with Crippen LogP contribution in [0.25, 0.3) is 10.9 Å². The Bertz CT molecular complexity index is 1620. The summed E-state index contributed by atoms with van der Waals surface area (Å²) in [5.41, 5.74) is 0.178. The second-order valence-electron chi connectivity index (χ2n) is 8.35. The van der Waals surface area contributed by atoms with Crippen LogP contribution in [-0.2, 0) is 22.3 Å². The number of nitrogens with zero attached hydrogens (tertiary/aromatic N) is 3. The van der Waals surface area contributed by atoms with E-state index in [1.54, 1.807) is 18.2 Å². The van der Waals surface area contributed by atoms with Crippen LogP contribution in [0.3, 0.4) is 0 Å². The van der Waals surface area contributed by atoms with Crippen molar-refractivity contribution in [3.63, 3.8) is 0 Å². The number of alkyl halides is 2. The topological polar surface area (TPSA) is 80.2 Å². The Morgan fingerprint density at radius 2 is 1.92 bits per heavy atom. The molecule has 0 fully saturated rings. The quantitative estimate of drug-likeness (QED) is 0.323. The number of pyridine rings is 2. The van der Waals surface area contributed by atoms with E-state index in [0.29, 0.717) is 16.5 Å². The van der Waals surface area contributed by atoms with Gasteiger partial charge in [-0.3, -0.25) is 9.78 Å². The third-order valence-electron chi connectivity index (χ3n) is 5.96. The number of halogens is 4. The van der Waals surface area contributed by atoms with Gasteiger partial charge in [0, 0.05) is 29.8 Å². The summed E-state index contributed by atoms with van der Waals surface area (Å²) in [6.07, 6.45) is 1.93. The zero-order valence-corrected chi connectivity index (χ0v) is 20.0. The van der Waals surface area contributed by atoms with Crippen LogP contribution < -0.4 is 4.90 Å². The highest BCUT2D eigenvalue weighted by Gasteiger charge is 2.45. The van der Waals surface area contributed by atoms with Gasteiger partial charge < -0.3 is 4.90 Å². The molecule has 1 amide bonds. The summed E-state index contributed by atoms with van der Waals surface area (Å²) < 4.78 is 69.3. The Morgan fingerprint density at radius 1 is 1.11 bits per heavy atom. The number of hydrogen-bond acceptors (Lipinski definition) is 5. The summed E-state index contributed by atoms with van der Waals surface area (Å²) in [6, 6.07) is 12.7. The summed E-state index contributed by atoms with van der Waals surface area (Å²) in [7, 11) is -4.10. The van der Waals surface area contributed by atoms with E-state index < -0.39 is 50.1 Å². The maximum Gasteiger partial charge on any atom is 0.275 e. The number of carbonyl (C=O) groups is 1. The van der Waals surface area contributed by atoms with Gasteiger partial charge in [0.15, 0.2) is 20.8 Å². The van der Waals surface area contributed by atoms with Gasteiger partial charge in [-0.25, -0.2) is 26.6 Å². The molecule has 0 N–H and O–H groups in total. The van der Waals surface area contributed by atoms with Gasteiger partial charge in [0.25, 0.3) is 11.8 Å². The van der Waals surface area contributed by atoms with Crippen LogP contribution in [0.5, 0.6) is 0 Å². The first-order valence-electron chi connectivity index (χ1n) is 10.8. The normalized spacial score (nSPS) is 15.9. The van der Waals surface area contributed by atoms with E-state index in [1.165, 1.54) is 42.7 Å². The highest BCUT2D eigenvalue weighted by atomic mass is 35.5. The molecule has 1 aliphatic rings. The van der Waals surface area contributed by atoms with Crippen LogP contribution >= 0.6 is 11.6 Å². The van der Waals surface area contributed by atoms with Crippen LogP contribution in [0.2, 0.25) is 5.15 Å². The fourth-order valence-corrected chi connectivity index (χ4v) is 6.13. The molecule has 2 aromatic heterocycles. The third-order valence-corrected chi connectivity index (χ3v) is 8.02. The van der Waals surface area contributed by atoms with Crippen molar-refractivity contribution < 1.29 is 26.4 Å². The maximum atomic E-state index is 14.8. The van der Waals surface area contributed by atoms with Gasteiger partial charge in [0.05, 0.1) is 34.0 Å². The van der Waals surface area contributed by atoms with E-state index in [-0.39, 0.29) is 22.9 Å². The number of carbonyl (C=O) groups excluding carboxylic acids is 1. The zero-order valence-electron chi connectivity index (χ0n) is 18.5. The van der Waals surface area contributed by atoms with E-state index in [2.05, 4.69) is 9.97 Å². The second-order valence-corrected chi connectivity index (χ2v) is 10.8. The highest BCUT2D eigenvalue weighted by molar-refractivity contribution is 7.91. The molecule has 0 saturated heterocycles. The van der Waals surface area contributed by atoms with Gasteiger partial charge >= 0.3 is 0 Å². The highest BCUT2D eigenvalue weighted by Crippen LogP contribution is 2.45. The Balaban J connectivity index is 1.68. The van der Waals surface area contributed by atoms with Crippen LogP contribution in [0.1, 0.15) is 27.9 Å². The van der Waals surface area contributed by atoms with Crippen molar-refractivity contribution in [3.05, 3.63) is 94.7 Å². The van der Waals surface area contributed by atoms with Crippen LogP contribution in [-0.4, -0.2) is 30.0 Å². The van der Waals surface area contributed by atoms with E-state index in [1.807, 2.05) is 0 Å².